The number of hydrogen-bond acceptors (Lipinski definition) is 4. The highest BCUT2D eigenvalue weighted by Gasteiger charge is 2.35. The van der Waals surface area contributed by atoms with Crippen molar-refractivity contribution in [1.82, 2.24) is 10.6 Å². The van der Waals surface area contributed by atoms with E-state index in [1.165, 1.54) is 0 Å². The van der Waals surface area contributed by atoms with Crippen LogP contribution in [-0.2, 0) is 11.2 Å². The van der Waals surface area contributed by atoms with E-state index in [9.17, 15) is 18.7 Å². The summed E-state index contributed by atoms with van der Waals surface area (Å²) in [7, 11) is 0. The molecule has 0 bridgehead atoms. The summed E-state index contributed by atoms with van der Waals surface area (Å²) in [4.78, 5) is 12.2. The van der Waals surface area contributed by atoms with E-state index in [2.05, 4.69) is 10.6 Å². The number of amides is 1. The number of halogens is 2. The molecule has 0 spiro atoms. The Balaban J connectivity index is 1.94. The van der Waals surface area contributed by atoms with Crippen LogP contribution in [0.3, 0.4) is 0 Å². The molecule has 1 saturated carbocycles. The first-order chi connectivity index (χ1) is 13.0. The van der Waals surface area contributed by atoms with Gasteiger partial charge in [0.05, 0.1) is 12.1 Å². The van der Waals surface area contributed by atoms with E-state index >= 15 is 0 Å². The summed E-state index contributed by atoms with van der Waals surface area (Å²) in [6.45, 7) is 5.53. The summed E-state index contributed by atoms with van der Waals surface area (Å²) in [5.74, 6) is -2.58. The van der Waals surface area contributed by atoms with Crippen molar-refractivity contribution < 1.29 is 23.4 Å². The highest BCUT2D eigenvalue weighted by atomic mass is 19.3. The Labute approximate surface area is 165 Å². The van der Waals surface area contributed by atoms with Crippen molar-refractivity contribution >= 4 is 6.09 Å². The summed E-state index contributed by atoms with van der Waals surface area (Å²) in [6, 6.07) is 8.93. The summed E-state index contributed by atoms with van der Waals surface area (Å²) < 4.78 is 31.9. The topological polar surface area (TPSA) is 70.6 Å². The number of aliphatic hydroxyl groups excluding tert-OH is 1. The van der Waals surface area contributed by atoms with Crippen LogP contribution in [0.1, 0.15) is 52.0 Å². The van der Waals surface area contributed by atoms with E-state index in [0.717, 1.165) is 5.56 Å². The molecule has 1 amide bonds. The number of carbonyl (C=O) groups excluding carboxylic acids is 1. The van der Waals surface area contributed by atoms with Gasteiger partial charge in [0.25, 0.3) is 0 Å². The summed E-state index contributed by atoms with van der Waals surface area (Å²) in [5, 5.41) is 16.6. The van der Waals surface area contributed by atoms with Crippen molar-refractivity contribution in [3.05, 3.63) is 35.9 Å². The predicted molar refractivity (Wildman–Crippen MR) is 105 cm³/mol. The van der Waals surface area contributed by atoms with Gasteiger partial charge in [0.1, 0.15) is 5.60 Å². The number of carbonyl (C=O) groups is 1. The Hall–Kier alpha value is -1.73. The quantitative estimate of drug-likeness (QED) is 0.656. The number of hydrogen-bond donors (Lipinski definition) is 3. The van der Waals surface area contributed by atoms with Crippen LogP contribution >= 0.6 is 0 Å². The van der Waals surface area contributed by atoms with Crippen molar-refractivity contribution in [3.63, 3.8) is 0 Å². The fourth-order valence-corrected chi connectivity index (χ4v) is 3.28. The fraction of sp³-hybridized carbons (Fsp3) is 0.667. The molecule has 158 valence electrons. The zero-order chi connectivity index (χ0) is 20.8. The third-order valence-electron chi connectivity index (χ3n) is 4.80. The second kappa shape index (κ2) is 9.65. The Morgan fingerprint density at radius 1 is 1.25 bits per heavy atom. The van der Waals surface area contributed by atoms with Gasteiger partial charge in [-0.3, -0.25) is 0 Å². The Morgan fingerprint density at radius 2 is 1.86 bits per heavy atom. The van der Waals surface area contributed by atoms with Gasteiger partial charge in [-0.2, -0.15) is 0 Å². The molecule has 1 aliphatic carbocycles. The molecule has 3 N–H and O–H groups in total. The third-order valence-corrected chi connectivity index (χ3v) is 4.80. The molecule has 0 aliphatic heterocycles. The standard InChI is InChI=1S/C21H32F2N2O3/c1-20(2,3)28-19(27)25-17(13-15-7-5-4-6-8-15)18(26)14-24-16-9-11-21(22,23)12-10-16/h4-8,16-18,24,26H,9-14H2,1-3H3,(H,25,27)/t17-,18+/m0/s1. The van der Waals surface area contributed by atoms with E-state index in [0.29, 0.717) is 19.3 Å². The van der Waals surface area contributed by atoms with Gasteiger partial charge in [0, 0.05) is 25.4 Å². The Kier molecular flexibility index (Phi) is 7.78. The van der Waals surface area contributed by atoms with Crippen LogP contribution < -0.4 is 10.6 Å². The molecular weight excluding hydrogens is 366 g/mol. The Bertz CT molecular complexity index is 610. The lowest BCUT2D eigenvalue weighted by Crippen LogP contribution is -2.51. The summed E-state index contributed by atoms with van der Waals surface area (Å²) >= 11 is 0. The molecule has 0 aromatic heterocycles. The van der Waals surface area contributed by atoms with E-state index in [-0.39, 0.29) is 25.4 Å². The monoisotopic (exact) mass is 398 g/mol. The molecule has 0 unspecified atom stereocenters. The molecule has 5 nitrogen and oxygen atoms in total. The van der Waals surface area contributed by atoms with Crippen molar-refractivity contribution in [2.24, 2.45) is 0 Å². The zero-order valence-corrected chi connectivity index (χ0v) is 16.9. The predicted octanol–water partition coefficient (Wildman–Crippen LogP) is 3.65. The van der Waals surface area contributed by atoms with Crippen LogP contribution in [-0.4, -0.2) is 47.5 Å². The average molecular weight is 398 g/mol. The molecular formula is C21H32F2N2O3. The Morgan fingerprint density at radius 3 is 2.43 bits per heavy atom. The summed E-state index contributed by atoms with van der Waals surface area (Å²) in [5.41, 5.74) is 0.331. The maximum Gasteiger partial charge on any atom is 0.407 e. The maximum absolute atomic E-state index is 13.3. The first-order valence-electron chi connectivity index (χ1n) is 9.87. The first-order valence-corrected chi connectivity index (χ1v) is 9.87. The van der Waals surface area contributed by atoms with Crippen LogP contribution in [0, 0.1) is 0 Å². The molecule has 1 aromatic carbocycles. The molecule has 7 heteroatoms. The number of nitrogens with one attached hydrogen (secondary N) is 2. The van der Waals surface area contributed by atoms with Gasteiger partial charge in [-0.1, -0.05) is 30.3 Å². The van der Waals surface area contributed by atoms with Crippen molar-refractivity contribution in [3.8, 4) is 0 Å². The van der Waals surface area contributed by atoms with Crippen LogP contribution in [0.2, 0.25) is 0 Å². The van der Waals surface area contributed by atoms with E-state index in [4.69, 9.17) is 4.74 Å². The lowest BCUT2D eigenvalue weighted by Gasteiger charge is -2.31. The number of rotatable bonds is 7. The first kappa shape index (κ1) is 22.6. The average Bonchev–Trinajstić information content (AvgIpc) is 2.59. The molecule has 1 fully saturated rings. The molecule has 1 aromatic rings. The molecule has 28 heavy (non-hydrogen) atoms. The normalized spacial score (nSPS) is 19.6. The van der Waals surface area contributed by atoms with E-state index in [1.54, 1.807) is 20.8 Å². The highest BCUT2D eigenvalue weighted by Crippen LogP contribution is 2.32. The van der Waals surface area contributed by atoms with Gasteiger partial charge in [-0.15, -0.1) is 0 Å². The second-order valence-electron chi connectivity index (χ2n) is 8.55. The van der Waals surface area contributed by atoms with Gasteiger partial charge >= 0.3 is 6.09 Å². The van der Waals surface area contributed by atoms with Crippen LogP contribution in [0.25, 0.3) is 0 Å². The number of alkyl halides is 2. The van der Waals surface area contributed by atoms with Crippen LogP contribution in [0.5, 0.6) is 0 Å². The SMILES string of the molecule is CC(C)(C)OC(=O)N[C@@H](Cc1ccccc1)[C@H](O)CNC1CCC(F)(F)CC1. The van der Waals surface area contributed by atoms with E-state index < -0.39 is 29.8 Å². The van der Waals surface area contributed by atoms with Crippen molar-refractivity contribution in [2.45, 2.75) is 82.6 Å². The second-order valence-corrected chi connectivity index (χ2v) is 8.55. The molecule has 0 heterocycles. The maximum atomic E-state index is 13.3. The molecule has 2 rings (SSSR count). The molecule has 0 saturated heterocycles. The number of aliphatic hydroxyl groups is 1. The zero-order valence-electron chi connectivity index (χ0n) is 16.9. The molecule has 1 aliphatic rings. The van der Waals surface area contributed by atoms with Crippen LogP contribution in [0.4, 0.5) is 13.6 Å². The van der Waals surface area contributed by atoms with Gasteiger partial charge in [-0.05, 0) is 45.6 Å². The number of ether oxygens (including phenoxy) is 1. The van der Waals surface area contributed by atoms with Crippen molar-refractivity contribution in [2.75, 3.05) is 6.54 Å². The lowest BCUT2D eigenvalue weighted by atomic mass is 9.92. The van der Waals surface area contributed by atoms with Crippen molar-refractivity contribution in [1.29, 1.82) is 0 Å². The number of alkyl carbamates (subject to hydrolysis) is 1. The highest BCUT2D eigenvalue weighted by molar-refractivity contribution is 5.68. The minimum atomic E-state index is -2.58. The van der Waals surface area contributed by atoms with Crippen LogP contribution in [0.15, 0.2) is 30.3 Å². The largest absolute Gasteiger partial charge is 0.444 e. The third kappa shape index (κ3) is 8.10. The molecule has 0 radical (unpaired) electrons. The van der Waals surface area contributed by atoms with Gasteiger partial charge in [0.15, 0.2) is 0 Å². The summed E-state index contributed by atoms with van der Waals surface area (Å²) in [6.07, 6.45) is -0.550. The minimum Gasteiger partial charge on any atom is -0.444 e. The van der Waals surface area contributed by atoms with E-state index in [1.807, 2.05) is 30.3 Å². The van der Waals surface area contributed by atoms with Gasteiger partial charge < -0.3 is 20.5 Å². The smallest absolute Gasteiger partial charge is 0.407 e. The van der Waals surface area contributed by atoms with Gasteiger partial charge in [-0.25, -0.2) is 13.6 Å². The fourth-order valence-electron chi connectivity index (χ4n) is 3.28. The van der Waals surface area contributed by atoms with Gasteiger partial charge in [0.2, 0.25) is 5.92 Å². The number of benzene rings is 1. The minimum absolute atomic E-state index is 0.0480. The molecule has 2 atom stereocenters. The lowest BCUT2D eigenvalue weighted by molar-refractivity contribution is -0.0413.